The molecule has 0 saturated heterocycles. The van der Waals surface area contributed by atoms with Gasteiger partial charge in [-0.1, -0.05) is 48.9 Å². The average Bonchev–Trinajstić information content (AvgIpc) is 2.86. The van der Waals surface area contributed by atoms with Crippen molar-refractivity contribution >= 4 is 22.4 Å². The summed E-state index contributed by atoms with van der Waals surface area (Å²) in [7, 11) is 0. The van der Waals surface area contributed by atoms with Gasteiger partial charge in [0, 0.05) is 12.3 Å². The highest BCUT2D eigenvalue weighted by atomic mass is 32.1. The summed E-state index contributed by atoms with van der Waals surface area (Å²) < 4.78 is 0. The Kier molecular flexibility index (Phi) is 5.07. The molecule has 0 fully saturated rings. The van der Waals surface area contributed by atoms with Gasteiger partial charge in [-0.15, -0.1) is 10.2 Å². The van der Waals surface area contributed by atoms with E-state index in [1.165, 1.54) is 28.0 Å². The molecular weight excluding hydrogens is 282 g/mol. The van der Waals surface area contributed by atoms with Crippen molar-refractivity contribution < 1.29 is 4.79 Å². The van der Waals surface area contributed by atoms with Gasteiger partial charge in [0.1, 0.15) is 5.01 Å². The van der Waals surface area contributed by atoms with Gasteiger partial charge in [0.25, 0.3) is 0 Å². The van der Waals surface area contributed by atoms with Crippen molar-refractivity contribution in [2.45, 2.75) is 46.5 Å². The van der Waals surface area contributed by atoms with Crippen LogP contribution in [0.2, 0.25) is 0 Å². The molecule has 0 radical (unpaired) electrons. The topological polar surface area (TPSA) is 54.9 Å². The maximum Gasteiger partial charge on any atom is 0.226 e. The third-order valence-corrected chi connectivity index (χ3v) is 4.44. The molecule has 0 atom stereocenters. The van der Waals surface area contributed by atoms with Crippen LogP contribution >= 0.6 is 11.3 Å². The predicted molar refractivity (Wildman–Crippen MR) is 86.9 cm³/mol. The number of nitrogens with one attached hydrogen (secondary N) is 1. The molecule has 0 unspecified atom stereocenters. The van der Waals surface area contributed by atoms with E-state index >= 15 is 0 Å². The van der Waals surface area contributed by atoms with Gasteiger partial charge >= 0.3 is 0 Å². The zero-order valence-electron chi connectivity index (χ0n) is 12.9. The molecule has 1 aromatic heterocycles. The molecule has 0 saturated carbocycles. The smallest absolute Gasteiger partial charge is 0.226 e. The van der Waals surface area contributed by atoms with Gasteiger partial charge in [0.15, 0.2) is 0 Å². The number of rotatable bonds is 5. The molecule has 1 heterocycles. The number of aryl methyl sites for hydroxylation is 3. The third kappa shape index (κ3) is 4.36. The largest absolute Gasteiger partial charge is 0.301 e. The zero-order chi connectivity index (χ0) is 15.4. The molecule has 1 aromatic carbocycles. The maximum absolute atomic E-state index is 12.0. The first kappa shape index (κ1) is 15.6. The summed E-state index contributed by atoms with van der Waals surface area (Å²) in [6.45, 7) is 8.28. The minimum Gasteiger partial charge on any atom is -0.301 e. The highest BCUT2D eigenvalue weighted by molar-refractivity contribution is 7.15. The van der Waals surface area contributed by atoms with Gasteiger partial charge in [-0.3, -0.25) is 4.79 Å². The number of aromatic nitrogens is 2. The lowest BCUT2D eigenvalue weighted by Crippen LogP contribution is -2.12. The Morgan fingerprint density at radius 1 is 1.29 bits per heavy atom. The fourth-order valence-electron chi connectivity index (χ4n) is 2.07. The normalized spacial score (nSPS) is 10.9. The van der Waals surface area contributed by atoms with Crippen LogP contribution in [0.25, 0.3) is 0 Å². The Bertz CT molecular complexity index is 634. The predicted octanol–water partition coefficient (Wildman–Crippen LogP) is 3.85. The molecule has 1 amide bonds. The monoisotopic (exact) mass is 303 g/mol. The number of carbonyl (C=O) groups is 1. The molecule has 0 aliphatic rings. The lowest BCUT2D eigenvalue weighted by atomic mass is 10.0. The first-order valence-corrected chi connectivity index (χ1v) is 7.96. The van der Waals surface area contributed by atoms with Crippen molar-refractivity contribution in [3.8, 4) is 0 Å². The van der Waals surface area contributed by atoms with Crippen molar-refractivity contribution in [1.29, 1.82) is 0 Å². The lowest BCUT2D eigenvalue weighted by molar-refractivity contribution is -0.116. The number of nitrogens with zero attached hydrogens (tertiary/aromatic N) is 2. The molecule has 21 heavy (non-hydrogen) atoms. The molecule has 4 nitrogen and oxygen atoms in total. The van der Waals surface area contributed by atoms with E-state index in [1.54, 1.807) is 0 Å². The number of hydrogen-bond acceptors (Lipinski definition) is 4. The maximum atomic E-state index is 12.0. The number of benzene rings is 1. The van der Waals surface area contributed by atoms with E-state index in [0.717, 1.165) is 11.4 Å². The molecule has 0 aliphatic carbocycles. The second kappa shape index (κ2) is 6.80. The summed E-state index contributed by atoms with van der Waals surface area (Å²) in [6.07, 6.45) is 1.20. The van der Waals surface area contributed by atoms with E-state index in [0.29, 0.717) is 17.5 Å². The van der Waals surface area contributed by atoms with Crippen LogP contribution in [-0.2, 0) is 11.2 Å². The Hall–Kier alpha value is -1.75. The molecule has 2 rings (SSSR count). The fourth-order valence-corrected chi connectivity index (χ4v) is 2.84. The molecule has 0 aliphatic heterocycles. The molecule has 0 spiro atoms. The van der Waals surface area contributed by atoms with Crippen molar-refractivity contribution in [2.75, 3.05) is 5.32 Å². The second-order valence-electron chi connectivity index (χ2n) is 5.58. The first-order valence-electron chi connectivity index (χ1n) is 7.15. The van der Waals surface area contributed by atoms with Gasteiger partial charge in [0.05, 0.1) is 0 Å². The summed E-state index contributed by atoms with van der Waals surface area (Å²) in [6, 6.07) is 6.33. The molecule has 2 aromatic rings. The Morgan fingerprint density at radius 2 is 2.05 bits per heavy atom. The van der Waals surface area contributed by atoms with Crippen LogP contribution in [0.15, 0.2) is 18.2 Å². The molecule has 5 heteroatoms. The first-order chi connectivity index (χ1) is 9.95. The summed E-state index contributed by atoms with van der Waals surface area (Å²) in [5, 5.41) is 12.4. The van der Waals surface area contributed by atoms with Crippen LogP contribution in [0.1, 0.15) is 47.9 Å². The van der Waals surface area contributed by atoms with E-state index in [2.05, 4.69) is 61.4 Å². The summed E-state index contributed by atoms with van der Waals surface area (Å²) >= 11 is 1.44. The molecule has 0 bridgehead atoms. The van der Waals surface area contributed by atoms with Gasteiger partial charge in [-0.2, -0.15) is 0 Å². The van der Waals surface area contributed by atoms with Crippen LogP contribution in [0.4, 0.5) is 5.13 Å². The van der Waals surface area contributed by atoms with Crippen molar-refractivity contribution in [1.82, 2.24) is 10.2 Å². The zero-order valence-corrected chi connectivity index (χ0v) is 13.8. The number of anilines is 1. The number of amides is 1. The van der Waals surface area contributed by atoms with Gasteiger partial charge in [-0.05, 0) is 31.4 Å². The van der Waals surface area contributed by atoms with Crippen molar-refractivity contribution in [2.24, 2.45) is 0 Å². The Morgan fingerprint density at radius 3 is 2.67 bits per heavy atom. The minimum atomic E-state index is -0.0126. The van der Waals surface area contributed by atoms with E-state index in [-0.39, 0.29) is 5.91 Å². The number of hydrogen-bond donors (Lipinski definition) is 1. The van der Waals surface area contributed by atoms with Crippen LogP contribution in [0.3, 0.4) is 0 Å². The van der Waals surface area contributed by atoms with E-state index in [1.807, 2.05) is 0 Å². The number of carbonyl (C=O) groups excluding carboxylic acids is 1. The highest BCUT2D eigenvalue weighted by Crippen LogP contribution is 2.22. The average molecular weight is 303 g/mol. The second-order valence-corrected chi connectivity index (χ2v) is 6.59. The minimum absolute atomic E-state index is 0.0126. The summed E-state index contributed by atoms with van der Waals surface area (Å²) in [4.78, 5) is 12.0. The van der Waals surface area contributed by atoms with Crippen LogP contribution in [0, 0.1) is 13.8 Å². The fraction of sp³-hybridized carbons (Fsp3) is 0.438. The van der Waals surface area contributed by atoms with Crippen molar-refractivity contribution in [3.05, 3.63) is 39.9 Å². The molecular formula is C16H21N3OS. The van der Waals surface area contributed by atoms with Gasteiger partial charge in [0.2, 0.25) is 11.0 Å². The van der Waals surface area contributed by atoms with E-state index < -0.39 is 0 Å². The highest BCUT2D eigenvalue weighted by Gasteiger charge is 2.11. The molecule has 1 N–H and O–H groups in total. The van der Waals surface area contributed by atoms with Crippen LogP contribution in [-0.4, -0.2) is 16.1 Å². The SMILES string of the molecule is Cc1ccc(CCC(=O)Nc2nnc(C(C)C)s2)c(C)c1. The van der Waals surface area contributed by atoms with Gasteiger partial charge < -0.3 is 5.32 Å². The summed E-state index contributed by atoms with van der Waals surface area (Å²) in [5.41, 5.74) is 3.70. The van der Waals surface area contributed by atoms with Crippen molar-refractivity contribution in [3.63, 3.8) is 0 Å². The quantitative estimate of drug-likeness (QED) is 0.912. The van der Waals surface area contributed by atoms with E-state index in [9.17, 15) is 4.79 Å². The summed E-state index contributed by atoms with van der Waals surface area (Å²) in [5.74, 6) is 0.324. The van der Waals surface area contributed by atoms with Crippen LogP contribution in [0.5, 0.6) is 0 Å². The Labute approximate surface area is 129 Å². The lowest BCUT2D eigenvalue weighted by Gasteiger charge is -2.06. The van der Waals surface area contributed by atoms with Gasteiger partial charge in [-0.25, -0.2) is 0 Å². The Balaban J connectivity index is 1.89. The van der Waals surface area contributed by atoms with E-state index in [4.69, 9.17) is 0 Å². The standard InChI is InChI=1S/C16H21N3OS/c1-10(2)15-18-19-16(21-15)17-14(20)8-7-13-6-5-11(3)9-12(13)4/h5-6,9-10H,7-8H2,1-4H3,(H,17,19,20). The molecule has 112 valence electrons. The third-order valence-electron chi connectivity index (χ3n) is 3.30. The van der Waals surface area contributed by atoms with Crippen LogP contribution < -0.4 is 5.32 Å².